The van der Waals surface area contributed by atoms with Gasteiger partial charge in [-0.1, -0.05) is 0 Å². The van der Waals surface area contributed by atoms with E-state index in [4.69, 9.17) is 9.84 Å². The zero-order chi connectivity index (χ0) is 12.2. The van der Waals surface area contributed by atoms with Crippen LogP contribution in [0.3, 0.4) is 0 Å². The second kappa shape index (κ2) is 5.96. The minimum absolute atomic E-state index is 0.0154. The van der Waals surface area contributed by atoms with E-state index in [0.29, 0.717) is 0 Å². The molecule has 0 bridgehead atoms. The van der Waals surface area contributed by atoms with Crippen LogP contribution in [0.5, 0.6) is 0 Å². The topological polar surface area (TPSA) is 44.7 Å². The van der Waals surface area contributed by atoms with Crippen LogP contribution in [0.15, 0.2) is 0 Å². The van der Waals surface area contributed by atoms with Gasteiger partial charge in [-0.15, -0.1) is 0 Å². The fraction of sp³-hybridized carbons (Fsp3) is 1.00. The summed E-state index contributed by atoms with van der Waals surface area (Å²) < 4.78 is 5.60. The number of aliphatic hydroxyl groups is 1. The maximum Gasteiger partial charge on any atom is 0.0936 e. The lowest BCUT2D eigenvalue weighted by atomic mass is 10.1. The van der Waals surface area contributed by atoms with E-state index in [1.54, 1.807) is 0 Å². The highest BCUT2D eigenvalue weighted by Crippen LogP contribution is 2.10. The number of hydrogen-bond donors (Lipinski definition) is 2. The highest BCUT2D eigenvalue weighted by molar-refractivity contribution is 4.77. The molecule has 0 aromatic rings. The Kier molecular flexibility index (Phi) is 5.18. The van der Waals surface area contributed by atoms with E-state index in [-0.39, 0.29) is 24.4 Å². The zero-order valence-electron chi connectivity index (χ0n) is 11.0. The number of nitrogens with one attached hydrogen (secondary N) is 1. The second-order valence-electron chi connectivity index (χ2n) is 5.69. The quantitative estimate of drug-likeness (QED) is 0.736. The smallest absolute Gasteiger partial charge is 0.0936 e. The molecule has 0 aromatic heterocycles. The Balaban J connectivity index is 2.26. The lowest BCUT2D eigenvalue weighted by Crippen LogP contribution is -2.50. The molecule has 2 atom stereocenters. The van der Waals surface area contributed by atoms with Gasteiger partial charge in [-0.05, 0) is 27.7 Å². The molecule has 0 aliphatic carbocycles. The summed E-state index contributed by atoms with van der Waals surface area (Å²) in [4.78, 5) is 2.35. The van der Waals surface area contributed by atoms with Crippen LogP contribution in [-0.2, 0) is 4.74 Å². The van der Waals surface area contributed by atoms with Crippen molar-refractivity contribution in [1.29, 1.82) is 0 Å². The third kappa shape index (κ3) is 5.25. The maximum atomic E-state index is 9.11. The summed E-state index contributed by atoms with van der Waals surface area (Å²) in [5.41, 5.74) is 0.175. The van der Waals surface area contributed by atoms with E-state index in [1.165, 1.54) is 0 Å². The van der Waals surface area contributed by atoms with Crippen LogP contribution in [0.1, 0.15) is 27.7 Å². The van der Waals surface area contributed by atoms with Crippen molar-refractivity contribution >= 4 is 0 Å². The first-order chi connectivity index (χ1) is 7.40. The van der Waals surface area contributed by atoms with Crippen molar-refractivity contribution < 1.29 is 9.84 Å². The Labute approximate surface area is 99.0 Å². The standard InChI is InChI=1S/C12H26N2O2/c1-10-7-14(8-11(9-15)16-10)6-5-13-12(2,3)4/h10-11,13,15H,5-9H2,1-4H3. The fourth-order valence-corrected chi connectivity index (χ4v) is 2.01. The van der Waals surface area contributed by atoms with Crippen LogP contribution in [-0.4, -0.2) is 60.5 Å². The second-order valence-corrected chi connectivity index (χ2v) is 5.69. The van der Waals surface area contributed by atoms with Crippen LogP contribution in [0.2, 0.25) is 0 Å². The van der Waals surface area contributed by atoms with Crippen molar-refractivity contribution in [3.63, 3.8) is 0 Å². The van der Waals surface area contributed by atoms with Gasteiger partial charge in [0.15, 0.2) is 0 Å². The summed E-state index contributed by atoms with van der Waals surface area (Å²) in [6.07, 6.45) is 0.207. The Morgan fingerprint density at radius 2 is 2.06 bits per heavy atom. The minimum atomic E-state index is -0.0154. The van der Waals surface area contributed by atoms with Crippen molar-refractivity contribution in [1.82, 2.24) is 10.2 Å². The Morgan fingerprint density at radius 3 is 2.62 bits per heavy atom. The van der Waals surface area contributed by atoms with Crippen LogP contribution >= 0.6 is 0 Å². The van der Waals surface area contributed by atoms with Crippen molar-refractivity contribution in [2.45, 2.75) is 45.4 Å². The predicted molar refractivity (Wildman–Crippen MR) is 65.6 cm³/mol. The van der Waals surface area contributed by atoms with Gasteiger partial charge in [-0.2, -0.15) is 0 Å². The molecule has 1 aliphatic rings. The normalized spacial score (nSPS) is 28.3. The van der Waals surface area contributed by atoms with Gasteiger partial charge in [0.2, 0.25) is 0 Å². The molecular formula is C12H26N2O2. The molecule has 0 aromatic carbocycles. The highest BCUT2D eigenvalue weighted by Gasteiger charge is 2.24. The molecule has 4 heteroatoms. The number of morpholine rings is 1. The number of hydrogen-bond acceptors (Lipinski definition) is 4. The third-order valence-corrected chi connectivity index (χ3v) is 2.69. The summed E-state index contributed by atoms with van der Waals surface area (Å²) in [6, 6.07) is 0. The molecule has 16 heavy (non-hydrogen) atoms. The Hall–Kier alpha value is -0.160. The van der Waals surface area contributed by atoms with Crippen LogP contribution in [0.4, 0.5) is 0 Å². The molecule has 2 N–H and O–H groups in total. The number of ether oxygens (including phenoxy) is 1. The Bertz CT molecular complexity index is 204. The molecule has 1 fully saturated rings. The first-order valence-electron chi connectivity index (χ1n) is 6.14. The maximum absolute atomic E-state index is 9.11. The molecule has 96 valence electrons. The molecule has 1 rings (SSSR count). The van der Waals surface area contributed by atoms with E-state index in [0.717, 1.165) is 26.2 Å². The van der Waals surface area contributed by atoms with Crippen molar-refractivity contribution in [2.24, 2.45) is 0 Å². The SMILES string of the molecule is CC1CN(CCNC(C)(C)C)CC(CO)O1. The van der Waals surface area contributed by atoms with Crippen molar-refractivity contribution in [2.75, 3.05) is 32.8 Å². The molecule has 0 radical (unpaired) electrons. The minimum Gasteiger partial charge on any atom is -0.394 e. The van der Waals surface area contributed by atoms with Crippen LogP contribution < -0.4 is 5.32 Å². The molecule has 0 spiro atoms. The van der Waals surface area contributed by atoms with E-state index in [2.05, 4.69) is 37.9 Å². The molecule has 4 nitrogen and oxygen atoms in total. The summed E-state index contributed by atoms with van der Waals surface area (Å²) >= 11 is 0. The molecule has 0 saturated carbocycles. The first kappa shape index (κ1) is 13.9. The highest BCUT2D eigenvalue weighted by atomic mass is 16.5. The van der Waals surface area contributed by atoms with Gasteiger partial charge in [0.05, 0.1) is 18.8 Å². The largest absolute Gasteiger partial charge is 0.394 e. The fourth-order valence-electron chi connectivity index (χ4n) is 2.01. The third-order valence-electron chi connectivity index (χ3n) is 2.69. The van der Waals surface area contributed by atoms with Gasteiger partial charge < -0.3 is 15.2 Å². The lowest BCUT2D eigenvalue weighted by molar-refractivity contribution is -0.0948. The predicted octanol–water partition coefficient (Wildman–Crippen LogP) is 0.456. The van der Waals surface area contributed by atoms with E-state index >= 15 is 0 Å². The molecule has 1 aliphatic heterocycles. The molecule has 2 unspecified atom stereocenters. The monoisotopic (exact) mass is 230 g/mol. The summed E-state index contributed by atoms with van der Waals surface area (Å²) in [5.74, 6) is 0. The number of nitrogens with zero attached hydrogens (tertiary/aromatic N) is 1. The van der Waals surface area contributed by atoms with Gasteiger partial charge in [-0.3, -0.25) is 4.90 Å². The van der Waals surface area contributed by atoms with Gasteiger partial charge in [0.1, 0.15) is 0 Å². The van der Waals surface area contributed by atoms with Gasteiger partial charge >= 0.3 is 0 Å². The average Bonchev–Trinajstić information content (AvgIpc) is 2.14. The van der Waals surface area contributed by atoms with Crippen molar-refractivity contribution in [3.8, 4) is 0 Å². The number of rotatable bonds is 4. The van der Waals surface area contributed by atoms with Crippen LogP contribution in [0, 0.1) is 0 Å². The molecule has 0 amide bonds. The Morgan fingerprint density at radius 1 is 1.38 bits per heavy atom. The van der Waals surface area contributed by atoms with E-state index < -0.39 is 0 Å². The lowest BCUT2D eigenvalue weighted by Gasteiger charge is -2.36. The summed E-state index contributed by atoms with van der Waals surface area (Å²) in [7, 11) is 0. The average molecular weight is 230 g/mol. The molecule has 1 heterocycles. The van der Waals surface area contributed by atoms with Gasteiger partial charge in [0.25, 0.3) is 0 Å². The van der Waals surface area contributed by atoms with Gasteiger partial charge in [0, 0.05) is 31.7 Å². The molecule has 1 saturated heterocycles. The first-order valence-corrected chi connectivity index (χ1v) is 6.14. The van der Waals surface area contributed by atoms with Crippen molar-refractivity contribution in [3.05, 3.63) is 0 Å². The summed E-state index contributed by atoms with van der Waals surface area (Å²) in [5, 5.41) is 12.6. The number of aliphatic hydroxyl groups excluding tert-OH is 1. The van der Waals surface area contributed by atoms with E-state index in [9.17, 15) is 0 Å². The van der Waals surface area contributed by atoms with Crippen LogP contribution in [0.25, 0.3) is 0 Å². The molecular weight excluding hydrogens is 204 g/mol. The zero-order valence-corrected chi connectivity index (χ0v) is 11.0. The van der Waals surface area contributed by atoms with Gasteiger partial charge in [-0.25, -0.2) is 0 Å². The van der Waals surface area contributed by atoms with E-state index in [1.807, 2.05) is 0 Å². The summed E-state index contributed by atoms with van der Waals surface area (Å²) in [6.45, 7) is 12.5.